The Labute approximate surface area is 123 Å². The van der Waals surface area contributed by atoms with E-state index >= 15 is 0 Å². The highest BCUT2D eigenvalue weighted by atomic mass is 35.5. The summed E-state index contributed by atoms with van der Waals surface area (Å²) in [6, 6.07) is 10.2. The minimum atomic E-state index is -0.225. The minimum absolute atomic E-state index is 0.175. The smallest absolute Gasteiger partial charge is 0.143 e. The van der Waals surface area contributed by atoms with E-state index in [2.05, 4.69) is 5.32 Å². The summed E-state index contributed by atoms with van der Waals surface area (Å²) < 4.78 is 19.1. The van der Waals surface area contributed by atoms with Crippen LogP contribution >= 0.6 is 11.6 Å². The number of benzene rings is 2. The molecule has 0 saturated heterocycles. The maximum Gasteiger partial charge on any atom is 0.143 e. The summed E-state index contributed by atoms with van der Waals surface area (Å²) in [6.07, 6.45) is 0. The van der Waals surface area contributed by atoms with Crippen molar-refractivity contribution < 1.29 is 9.13 Å². The van der Waals surface area contributed by atoms with Gasteiger partial charge in [0.05, 0.1) is 18.8 Å². The number of methoxy groups -OCH3 is 1. The van der Waals surface area contributed by atoms with Gasteiger partial charge in [-0.05, 0) is 31.5 Å². The molecule has 2 rings (SSSR count). The van der Waals surface area contributed by atoms with Crippen molar-refractivity contribution >= 4 is 17.3 Å². The van der Waals surface area contributed by atoms with E-state index in [0.29, 0.717) is 16.3 Å². The molecule has 0 aliphatic carbocycles. The van der Waals surface area contributed by atoms with Gasteiger partial charge in [0.15, 0.2) is 0 Å². The second-order valence-corrected chi connectivity index (χ2v) is 5.10. The van der Waals surface area contributed by atoms with Crippen LogP contribution in [0.2, 0.25) is 5.02 Å². The van der Waals surface area contributed by atoms with Crippen molar-refractivity contribution in [1.29, 1.82) is 0 Å². The average molecular weight is 294 g/mol. The van der Waals surface area contributed by atoms with Crippen molar-refractivity contribution in [2.24, 2.45) is 0 Å². The van der Waals surface area contributed by atoms with E-state index in [-0.39, 0.29) is 11.9 Å². The zero-order valence-corrected chi connectivity index (χ0v) is 12.5. The number of nitrogens with one attached hydrogen (secondary N) is 1. The predicted molar refractivity (Wildman–Crippen MR) is 81.2 cm³/mol. The van der Waals surface area contributed by atoms with Crippen LogP contribution in [0.25, 0.3) is 0 Å². The van der Waals surface area contributed by atoms with Gasteiger partial charge in [0.25, 0.3) is 0 Å². The summed E-state index contributed by atoms with van der Waals surface area (Å²) >= 11 is 6.08. The lowest BCUT2D eigenvalue weighted by molar-refractivity contribution is 0.416. The number of anilines is 1. The molecule has 4 heteroatoms. The fourth-order valence-electron chi connectivity index (χ4n) is 2.08. The standard InChI is InChI=1S/C16H17ClFNO/c1-10-8-15(16(20-3)9-13(10)17)19-11(2)12-6-4-5-7-14(12)18/h4-9,11,19H,1-3H3. The van der Waals surface area contributed by atoms with Crippen molar-refractivity contribution in [2.45, 2.75) is 19.9 Å². The Morgan fingerprint density at radius 2 is 1.95 bits per heavy atom. The fourth-order valence-corrected chi connectivity index (χ4v) is 2.24. The summed E-state index contributed by atoms with van der Waals surface area (Å²) in [5.41, 5.74) is 2.35. The van der Waals surface area contributed by atoms with E-state index in [0.717, 1.165) is 11.3 Å². The molecular weight excluding hydrogens is 277 g/mol. The van der Waals surface area contributed by atoms with Gasteiger partial charge < -0.3 is 10.1 Å². The molecule has 106 valence electrons. The maximum atomic E-state index is 13.8. The van der Waals surface area contributed by atoms with E-state index in [1.165, 1.54) is 6.07 Å². The van der Waals surface area contributed by atoms with Gasteiger partial charge in [-0.3, -0.25) is 0 Å². The zero-order valence-electron chi connectivity index (χ0n) is 11.7. The third-order valence-electron chi connectivity index (χ3n) is 3.22. The summed E-state index contributed by atoms with van der Waals surface area (Å²) in [4.78, 5) is 0. The van der Waals surface area contributed by atoms with Gasteiger partial charge in [-0.15, -0.1) is 0 Å². The van der Waals surface area contributed by atoms with Crippen molar-refractivity contribution in [1.82, 2.24) is 0 Å². The van der Waals surface area contributed by atoms with E-state index < -0.39 is 0 Å². The first kappa shape index (κ1) is 14.7. The first-order valence-electron chi connectivity index (χ1n) is 6.38. The lowest BCUT2D eigenvalue weighted by atomic mass is 10.1. The van der Waals surface area contributed by atoms with Crippen LogP contribution in [0.5, 0.6) is 5.75 Å². The van der Waals surface area contributed by atoms with Gasteiger partial charge in [0.1, 0.15) is 11.6 Å². The highest BCUT2D eigenvalue weighted by Gasteiger charge is 2.13. The molecule has 1 unspecified atom stereocenters. The van der Waals surface area contributed by atoms with Crippen molar-refractivity contribution in [3.63, 3.8) is 0 Å². The maximum absolute atomic E-state index is 13.8. The molecule has 1 atom stereocenters. The van der Waals surface area contributed by atoms with Crippen molar-refractivity contribution in [3.8, 4) is 5.75 Å². The van der Waals surface area contributed by atoms with Crippen molar-refractivity contribution in [2.75, 3.05) is 12.4 Å². The normalized spacial score (nSPS) is 12.1. The molecule has 0 aliphatic rings. The van der Waals surface area contributed by atoms with Gasteiger partial charge in [0.2, 0.25) is 0 Å². The number of rotatable bonds is 4. The van der Waals surface area contributed by atoms with Crippen LogP contribution in [0.15, 0.2) is 36.4 Å². The lowest BCUT2D eigenvalue weighted by Gasteiger charge is -2.19. The number of hydrogen-bond donors (Lipinski definition) is 1. The van der Waals surface area contributed by atoms with Gasteiger partial charge in [-0.2, -0.15) is 0 Å². The summed E-state index contributed by atoms with van der Waals surface area (Å²) in [5.74, 6) is 0.418. The zero-order chi connectivity index (χ0) is 14.7. The van der Waals surface area contributed by atoms with E-state index in [4.69, 9.17) is 16.3 Å². The Bertz CT molecular complexity index is 615. The van der Waals surface area contributed by atoms with Gasteiger partial charge in [-0.25, -0.2) is 4.39 Å². The van der Waals surface area contributed by atoms with Crippen LogP contribution in [0.3, 0.4) is 0 Å². The Hall–Kier alpha value is -1.74. The molecule has 1 N–H and O–H groups in total. The SMILES string of the molecule is COc1cc(Cl)c(C)cc1NC(C)c1ccccc1F. The Morgan fingerprint density at radius 3 is 2.60 bits per heavy atom. The molecule has 2 nitrogen and oxygen atoms in total. The second kappa shape index (κ2) is 6.14. The van der Waals surface area contributed by atoms with Crippen LogP contribution in [-0.4, -0.2) is 7.11 Å². The van der Waals surface area contributed by atoms with Gasteiger partial charge in [0, 0.05) is 16.7 Å². The van der Waals surface area contributed by atoms with Crippen LogP contribution < -0.4 is 10.1 Å². The Morgan fingerprint density at radius 1 is 1.25 bits per heavy atom. The number of halogens is 2. The molecule has 2 aromatic carbocycles. The molecule has 0 fully saturated rings. The average Bonchev–Trinajstić information content (AvgIpc) is 2.43. The summed E-state index contributed by atoms with van der Waals surface area (Å²) in [7, 11) is 1.58. The summed E-state index contributed by atoms with van der Waals surface area (Å²) in [5, 5.41) is 3.91. The monoisotopic (exact) mass is 293 g/mol. The third-order valence-corrected chi connectivity index (χ3v) is 3.63. The van der Waals surface area contributed by atoms with E-state index in [9.17, 15) is 4.39 Å². The Kier molecular flexibility index (Phi) is 4.50. The van der Waals surface area contributed by atoms with Gasteiger partial charge >= 0.3 is 0 Å². The Balaban J connectivity index is 2.30. The molecule has 0 aliphatic heterocycles. The highest BCUT2D eigenvalue weighted by molar-refractivity contribution is 6.31. The number of hydrogen-bond acceptors (Lipinski definition) is 2. The van der Waals surface area contributed by atoms with Crippen molar-refractivity contribution in [3.05, 3.63) is 58.4 Å². The van der Waals surface area contributed by atoms with Crippen LogP contribution in [0.1, 0.15) is 24.1 Å². The van der Waals surface area contributed by atoms with Crippen LogP contribution in [-0.2, 0) is 0 Å². The summed E-state index contributed by atoms with van der Waals surface area (Å²) in [6.45, 7) is 3.82. The van der Waals surface area contributed by atoms with Crippen LogP contribution in [0, 0.1) is 12.7 Å². The molecule has 0 aromatic heterocycles. The number of aryl methyl sites for hydroxylation is 1. The molecule has 0 amide bonds. The number of ether oxygens (including phenoxy) is 1. The first-order chi connectivity index (χ1) is 9.52. The second-order valence-electron chi connectivity index (χ2n) is 4.69. The van der Waals surface area contributed by atoms with E-state index in [1.54, 1.807) is 25.3 Å². The molecule has 2 aromatic rings. The predicted octanol–water partition coefficient (Wildman–Crippen LogP) is 4.97. The molecule has 0 heterocycles. The molecule has 0 spiro atoms. The van der Waals surface area contributed by atoms with E-state index in [1.807, 2.05) is 26.0 Å². The molecule has 0 saturated carbocycles. The largest absolute Gasteiger partial charge is 0.495 e. The molecule has 0 bridgehead atoms. The van der Waals surface area contributed by atoms with Crippen LogP contribution in [0.4, 0.5) is 10.1 Å². The van der Waals surface area contributed by atoms with Gasteiger partial charge in [-0.1, -0.05) is 29.8 Å². The molecule has 0 radical (unpaired) electrons. The molecular formula is C16H17ClFNO. The molecule has 20 heavy (non-hydrogen) atoms. The minimum Gasteiger partial charge on any atom is -0.495 e. The highest BCUT2D eigenvalue weighted by Crippen LogP contribution is 2.33. The third kappa shape index (κ3) is 3.05. The lowest BCUT2D eigenvalue weighted by Crippen LogP contribution is -2.09. The first-order valence-corrected chi connectivity index (χ1v) is 6.76. The quantitative estimate of drug-likeness (QED) is 0.859. The topological polar surface area (TPSA) is 21.3 Å². The fraction of sp³-hybridized carbons (Fsp3) is 0.250.